The van der Waals surface area contributed by atoms with Gasteiger partial charge in [-0.25, -0.2) is 0 Å². The number of benzene rings is 1. The molecule has 0 spiro atoms. The van der Waals surface area contributed by atoms with Crippen LogP contribution in [-0.2, 0) is 4.74 Å². The Morgan fingerprint density at radius 1 is 1.43 bits per heavy atom. The molecule has 2 N–H and O–H groups in total. The van der Waals surface area contributed by atoms with E-state index in [1.807, 2.05) is 37.3 Å². The highest BCUT2D eigenvalue weighted by atomic mass is 16.5. The molecule has 2 atom stereocenters. The van der Waals surface area contributed by atoms with Gasteiger partial charge in [0.05, 0.1) is 23.8 Å². The van der Waals surface area contributed by atoms with Crippen molar-refractivity contribution in [2.24, 2.45) is 5.73 Å². The van der Waals surface area contributed by atoms with Crippen molar-refractivity contribution in [3.8, 4) is 0 Å². The molecule has 3 rings (SSSR count). The van der Waals surface area contributed by atoms with Crippen molar-refractivity contribution >= 4 is 16.8 Å². The van der Waals surface area contributed by atoms with Crippen LogP contribution in [0.2, 0.25) is 0 Å². The molecular weight excluding hydrogens is 266 g/mol. The molecule has 1 saturated heterocycles. The van der Waals surface area contributed by atoms with E-state index in [-0.39, 0.29) is 18.1 Å². The van der Waals surface area contributed by atoms with Crippen LogP contribution in [0.1, 0.15) is 17.3 Å². The topological polar surface area (TPSA) is 68.5 Å². The van der Waals surface area contributed by atoms with Gasteiger partial charge in [-0.3, -0.25) is 9.78 Å². The third-order valence-electron chi connectivity index (χ3n) is 3.83. The highest BCUT2D eigenvalue weighted by Crippen LogP contribution is 2.19. The number of aromatic nitrogens is 1. The fraction of sp³-hybridized carbons (Fsp3) is 0.375. The van der Waals surface area contributed by atoms with Crippen molar-refractivity contribution in [2.75, 3.05) is 19.7 Å². The molecule has 1 amide bonds. The number of morpholine rings is 1. The second-order valence-corrected chi connectivity index (χ2v) is 5.40. The summed E-state index contributed by atoms with van der Waals surface area (Å²) in [5.41, 5.74) is 7.27. The highest BCUT2D eigenvalue weighted by molar-refractivity contribution is 6.05. The lowest BCUT2D eigenvalue weighted by molar-refractivity contribution is -0.0299. The van der Waals surface area contributed by atoms with Gasteiger partial charge in [0, 0.05) is 30.7 Å². The minimum absolute atomic E-state index is 0.00625. The number of amides is 1. The van der Waals surface area contributed by atoms with Gasteiger partial charge < -0.3 is 15.4 Å². The van der Waals surface area contributed by atoms with Crippen molar-refractivity contribution in [3.63, 3.8) is 0 Å². The molecule has 1 aromatic heterocycles. The molecule has 21 heavy (non-hydrogen) atoms. The second kappa shape index (κ2) is 5.79. The third-order valence-corrected chi connectivity index (χ3v) is 3.83. The number of pyridine rings is 1. The van der Waals surface area contributed by atoms with Crippen molar-refractivity contribution in [2.45, 2.75) is 19.1 Å². The minimum Gasteiger partial charge on any atom is -0.373 e. The summed E-state index contributed by atoms with van der Waals surface area (Å²) in [7, 11) is 0. The van der Waals surface area contributed by atoms with E-state index in [9.17, 15) is 4.79 Å². The Balaban J connectivity index is 1.90. The van der Waals surface area contributed by atoms with Crippen LogP contribution in [0.4, 0.5) is 0 Å². The number of carbonyl (C=O) groups excluding carboxylic acids is 1. The number of hydrogen-bond acceptors (Lipinski definition) is 4. The van der Waals surface area contributed by atoms with E-state index in [4.69, 9.17) is 10.5 Å². The summed E-state index contributed by atoms with van der Waals surface area (Å²) >= 11 is 0. The number of nitrogens with zero attached hydrogens (tertiary/aromatic N) is 2. The Labute approximate surface area is 123 Å². The van der Waals surface area contributed by atoms with Gasteiger partial charge in [-0.2, -0.15) is 0 Å². The molecule has 2 heterocycles. The smallest absolute Gasteiger partial charge is 0.256 e. The SMILES string of the molecule is CC(N)C1CN(C(=O)c2cccc3cccnc23)CCO1. The van der Waals surface area contributed by atoms with Gasteiger partial charge in [-0.1, -0.05) is 18.2 Å². The Kier molecular flexibility index (Phi) is 3.86. The molecule has 0 radical (unpaired) electrons. The Morgan fingerprint density at radius 3 is 3.05 bits per heavy atom. The van der Waals surface area contributed by atoms with Crippen LogP contribution in [0.3, 0.4) is 0 Å². The highest BCUT2D eigenvalue weighted by Gasteiger charge is 2.28. The standard InChI is InChI=1S/C16H19N3O2/c1-11(17)14-10-19(8-9-21-14)16(20)13-6-2-4-12-5-3-7-18-15(12)13/h2-7,11,14H,8-10,17H2,1H3. The summed E-state index contributed by atoms with van der Waals surface area (Å²) in [6.07, 6.45) is 1.61. The van der Waals surface area contributed by atoms with E-state index in [2.05, 4.69) is 4.98 Å². The van der Waals surface area contributed by atoms with Gasteiger partial charge >= 0.3 is 0 Å². The van der Waals surface area contributed by atoms with Crippen molar-refractivity contribution < 1.29 is 9.53 Å². The molecule has 5 heteroatoms. The third kappa shape index (κ3) is 2.75. The summed E-state index contributed by atoms with van der Waals surface area (Å²) in [4.78, 5) is 18.9. The normalized spacial score (nSPS) is 20.5. The quantitative estimate of drug-likeness (QED) is 0.906. The van der Waals surface area contributed by atoms with Crippen molar-refractivity contribution in [1.29, 1.82) is 0 Å². The van der Waals surface area contributed by atoms with E-state index >= 15 is 0 Å². The molecule has 1 aromatic carbocycles. The summed E-state index contributed by atoms with van der Waals surface area (Å²) in [5.74, 6) is -0.00625. The molecule has 1 fully saturated rings. The van der Waals surface area contributed by atoms with Gasteiger partial charge in [-0.15, -0.1) is 0 Å². The maximum Gasteiger partial charge on any atom is 0.256 e. The average molecular weight is 285 g/mol. The van der Waals surface area contributed by atoms with E-state index < -0.39 is 0 Å². The van der Waals surface area contributed by atoms with Gasteiger partial charge in [0.15, 0.2) is 0 Å². The zero-order valence-corrected chi connectivity index (χ0v) is 12.0. The molecule has 1 aliphatic rings. The van der Waals surface area contributed by atoms with Crippen molar-refractivity contribution in [1.82, 2.24) is 9.88 Å². The lowest BCUT2D eigenvalue weighted by Crippen LogP contribution is -2.51. The monoisotopic (exact) mass is 285 g/mol. The first-order valence-electron chi connectivity index (χ1n) is 7.17. The molecule has 0 saturated carbocycles. The second-order valence-electron chi connectivity index (χ2n) is 5.40. The maximum atomic E-state index is 12.8. The predicted molar refractivity (Wildman–Crippen MR) is 81.0 cm³/mol. The maximum absolute atomic E-state index is 12.8. The van der Waals surface area contributed by atoms with Crippen LogP contribution in [0.5, 0.6) is 0 Å². The number of nitrogens with two attached hydrogens (primary N) is 1. The number of hydrogen-bond donors (Lipinski definition) is 1. The fourth-order valence-electron chi connectivity index (χ4n) is 2.63. The minimum atomic E-state index is -0.106. The van der Waals surface area contributed by atoms with Crippen LogP contribution in [0.25, 0.3) is 10.9 Å². The number of fused-ring (bicyclic) bond motifs is 1. The van der Waals surface area contributed by atoms with Gasteiger partial charge in [0.2, 0.25) is 0 Å². The average Bonchev–Trinajstić information content (AvgIpc) is 2.53. The molecular formula is C16H19N3O2. The van der Waals surface area contributed by atoms with Gasteiger partial charge in [0.25, 0.3) is 5.91 Å². The van der Waals surface area contributed by atoms with E-state index in [1.165, 1.54) is 0 Å². The predicted octanol–water partition coefficient (Wildman–Crippen LogP) is 1.42. The zero-order valence-electron chi connectivity index (χ0n) is 12.0. The van der Waals surface area contributed by atoms with E-state index in [1.54, 1.807) is 11.1 Å². The largest absolute Gasteiger partial charge is 0.373 e. The fourth-order valence-corrected chi connectivity index (χ4v) is 2.63. The van der Waals surface area contributed by atoms with Gasteiger partial charge in [0.1, 0.15) is 0 Å². The lowest BCUT2D eigenvalue weighted by atomic mass is 10.1. The molecule has 5 nitrogen and oxygen atoms in total. The van der Waals surface area contributed by atoms with E-state index in [0.717, 1.165) is 10.9 Å². The Hall–Kier alpha value is -1.98. The Morgan fingerprint density at radius 2 is 2.24 bits per heavy atom. The molecule has 110 valence electrons. The van der Waals surface area contributed by atoms with E-state index in [0.29, 0.717) is 25.3 Å². The summed E-state index contributed by atoms with van der Waals surface area (Å²) in [6, 6.07) is 9.42. The molecule has 2 unspecified atom stereocenters. The molecule has 1 aliphatic heterocycles. The summed E-state index contributed by atoms with van der Waals surface area (Å²) in [6.45, 7) is 3.54. The Bertz CT molecular complexity index is 652. The van der Waals surface area contributed by atoms with Crippen LogP contribution in [0, 0.1) is 0 Å². The first kappa shape index (κ1) is 14.0. The number of para-hydroxylation sites is 1. The van der Waals surface area contributed by atoms with Crippen LogP contribution >= 0.6 is 0 Å². The first-order valence-corrected chi connectivity index (χ1v) is 7.17. The summed E-state index contributed by atoms with van der Waals surface area (Å²) < 4.78 is 5.61. The lowest BCUT2D eigenvalue weighted by Gasteiger charge is -2.34. The van der Waals surface area contributed by atoms with Crippen LogP contribution in [-0.4, -0.2) is 47.6 Å². The number of ether oxygens (including phenoxy) is 1. The zero-order chi connectivity index (χ0) is 14.8. The first-order chi connectivity index (χ1) is 10.2. The van der Waals surface area contributed by atoms with Crippen LogP contribution in [0.15, 0.2) is 36.5 Å². The molecule has 0 bridgehead atoms. The number of carbonyl (C=O) groups is 1. The molecule has 2 aromatic rings. The number of rotatable bonds is 2. The van der Waals surface area contributed by atoms with Crippen molar-refractivity contribution in [3.05, 3.63) is 42.1 Å². The van der Waals surface area contributed by atoms with Crippen LogP contribution < -0.4 is 5.73 Å². The van der Waals surface area contributed by atoms with Gasteiger partial charge in [-0.05, 0) is 19.1 Å². The molecule has 0 aliphatic carbocycles. The summed E-state index contributed by atoms with van der Waals surface area (Å²) in [5, 5.41) is 0.973.